The van der Waals surface area contributed by atoms with E-state index in [9.17, 15) is 27.2 Å². The molecule has 0 saturated carbocycles. The van der Waals surface area contributed by atoms with E-state index in [2.05, 4.69) is 4.98 Å². The highest BCUT2D eigenvalue weighted by Gasteiger charge is 2.46. The van der Waals surface area contributed by atoms with Gasteiger partial charge in [-0.25, -0.2) is 9.29 Å². The van der Waals surface area contributed by atoms with Crippen molar-refractivity contribution in [3.63, 3.8) is 0 Å². The number of carbonyl (C=O) groups is 2. The summed E-state index contributed by atoms with van der Waals surface area (Å²) in [6, 6.07) is 15.7. The molecule has 0 fully saturated rings. The summed E-state index contributed by atoms with van der Waals surface area (Å²) >= 11 is 6.08. The van der Waals surface area contributed by atoms with Crippen LogP contribution >= 0.6 is 11.6 Å². The molecule has 2 amide bonds. The van der Waals surface area contributed by atoms with Gasteiger partial charge in [0.2, 0.25) is 17.7 Å². The van der Waals surface area contributed by atoms with Crippen molar-refractivity contribution in [1.82, 2.24) is 4.98 Å². The van der Waals surface area contributed by atoms with E-state index in [1.807, 2.05) is 30.3 Å². The minimum absolute atomic E-state index is 0.00365. The Balaban J connectivity index is 1.60. The second kappa shape index (κ2) is 9.98. The summed E-state index contributed by atoms with van der Waals surface area (Å²) < 4.78 is 65.5. The number of nitrogens with zero attached hydrogens (tertiary/aromatic N) is 2. The van der Waals surface area contributed by atoms with Gasteiger partial charge in [0.1, 0.15) is 18.2 Å². The summed E-state index contributed by atoms with van der Waals surface area (Å²) in [6.07, 6.45) is -4.61. The van der Waals surface area contributed by atoms with Crippen molar-refractivity contribution >= 4 is 29.1 Å². The van der Waals surface area contributed by atoms with Gasteiger partial charge in [-0.05, 0) is 18.6 Å². The number of imide groups is 1. The Kier molecular flexibility index (Phi) is 6.98. The first-order valence-electron chi connectivity index (χ1n) is 10.5. The third-order valence-electron chi connectivity index (χ3n) is 5.27. The van der Waals surface area contributed by atoms with Crippen molar-refractivity contribution in [1.29, 1.82) is 0 Å². The Labute approximate surface area is 207 Å². The molecule has 36 heavy (non-hydrogen) atoms. The molecule has 4 rings (SSSR count). The molecular weight excluding hydrogens is 504 g/mol. The summed E-state index contributed by atoms with van der Waals surface area (Å²) in [7, 11) is 0. The van der Waals surface area contributed by atoms with Gasteiger partial charge in [-0.2, -0.15) is 18.2 Å². The van der Waals surface area contributed by atoms with Crippen molar-refractivity contribution < 1.29 is 36.6 Å². The smallest absolute Gasteiger partial charge is 0.413 e. The molecule has 2 heterocycles. The highest BCUT2D eigenvalue weighted by atomic mass is 35.5. The van der Waals surface area contributed by atoms with Gasteiger partial charge < -0.3 is 9.47 Å². The van der Waals surface area contributed by atoms with Crippen LogP contribution in [0.4, 0.5) is 23.2 Å². The van der Waals surface area contributed by atoms with E-state index >= 15 is 0 Å². The lowest BCUT2D eigenvalue weighted by molar-refractivity contribution is -0.134. The van der Waals surface area contributed by atoms with Crippen LogP contribution in [0.15, 0.2) is 72.3 Å². The molecule has 0 radical (unpaired) electrons. The molecular formula is C25H17ClF4N2O4. The minimum Gasteiger partial charge on any atom is -0.473 e. The van der Waals surface area contributed by atoms with Crippen molar-refractivity contribution in [2.75, 3.05) is 4.90 Å². The second-order valence-electron chi connectivity index (χ2n) is 7.76. The summed E-state index contributed by atoms with van der Waals surface area (Å²) in [6.45, 7) is 1.22. The Morgan fingerprint density at radius 2 is 1.72 bits per heavy atom. The predicted octanol–water partition coefficient (Wildman–Crippen LogP) is 6.24. The lowest BCUT2D eigenvalue weighted by Gasteiger charge is -2.30. The van der Waals surface area contributed by atoms with Crippen molar-refractivity contribution in [2.45, 2.75) is 19.7 Å². The maximum absolute atomic E-state index is 14.7. The highest BCUT2D eigenvalue weighted by Crippen LogP contribution is 2.40. The van der Waals surface area contributed by atoms with Crippen LogP contribution in [0.1, 0.15) is 12.5 Å². The van der Waals surface area contributed by atoms with Crippen LogP contribution in [0.2, 0.25) is 5.02 Å². The van der Waals surface area contributed by atoms with E-state index in [-0.39, 0.29) is 35.2 Å². The van der Waals surface area contributed by atoms with Gasteiger partial charge in [0, 0.05) is 24.3 Å². The lowest BCUT2D eigenvalue weighted by Crippen LogP contribution is -2.46. The Hall–Kier alpha value is -3.92. The van der Waals surface area contributed by atoms with Crippen LogP contribution in [0.5, 0.6) is 17.5 Å². The first-order chi connectivity index (χ1) is 17.0. The number of ether oxygens (including phenoxy) is 2. The number of pyridine rings is 1. The van der Waals surface area contributed by atoms with Crippen LogP contribution in [0.3, 0.4) is 0 Å². The fourth-order valence-corrected chi connectivity index (χ4v) is 3.66. The summed E-state index contributed by atoms with van der Waals surface area (Å²) in [5.74, 6) is -5.36. The highest BCUT2D eigenvalue weighted by molar-refractivity contribution is 6.32. The van der Waals surface area contributed by atoms with Gasteiger partial charge in [-0.15, -0.1) is 0 Å². The molecule has 6 nitrogen and oxygen atoms in total. The van der Waals surface area contributed by atoms with Gasteiger partial charge in [0.05, 0.1) is 22.2 Å². The number of carbonyl (C=O) groups excluding carboxylic acids is 2. The van der Waals surface area contributed by atoms with E-state index in [1.165, 1.54) is 6.07 Å². The Morgan fingerprint density at radius 1 is 1.03 bits per heavy atom. The molecule has 0 spiro atoms. The second-order valence-corrected chi connectivity index (χ2v) is 8.16. The van der Waals surface area contributed by atoms with E-state index in [0.717, 1.165) is 24.6 Å². The number of alkyl halides is 3. The first kappa shape index (κ1) is 25.2. The summed E-state index contributed by atoms with van der Waals surface area (Å²) in [5, 5.41) is -0.217. The van der Waals surface area contributed by atoms with Crippen LogP contribution in [0.25, 0.3) is 0 Å². The largest absolute Gasteiger partial charge is 0.473 e. The van der Waals surface area contributed by atoms with E-state index in [1.54, 1.807) is 12.1 Å². The molecule has 0 N–H and O–H groups in total. The quantitative estimate of drug-likeness (QED) is 0.284. The fraction of sp³-hybridized carbons (Fsp3) is 0.160. The molecule has 1 atom stereocenters. The number of hydrogen-bond donors (Lipinski definition) is 0. The average Bonchev–Trinajstić information content (AvgIpc) is 2.83. The lowest BCUT2D eigenvalue weighted by atomic mass is 9.94. The number of halogens is 5. The molecule has 186 valence electrons. The maximum Gasteiger partial charge on any atom is 0.413 e. The van der Waals surface area contributed by atoms with Crippen molar-refractivity contribution in [3.05, 3.63) is 88.7 Å². The number of benzene rings is 2. The number of anilines is 1. The minimum atomic E-state index is -4.89. The average molecular weight is 521 g/mol. The van der Waals surface area contributed by atoms with Crippen molar-refractivity contribution in [2.24, 2.45) is 5.92 Å². The van der Waals surface area contributed by atoms with Crippen LogP contribution in [0, 0.1) is 11.7 Å². The molecule has 1 unspecified atom stereocenters. The molecule has 1 aliphatic heterocycles. The third-order valence-corrected chi connectivity index (χ3v) is 5.56. The molecule has 3 aromatic rings. The van der Waals surface area contributed by atoms with Gasteiger partial charge in [0.25, 0.3) is 5.91 Å². The molecule has 1 aliphatic rings. The van der Waals surface area contributed by atoms with E-state index in [0.29, 0.717) is 4.90 Å². The van der Waals surface area contributed by atoms with E-state index in [4.69, 9.17) is 21.1 Å². The molecule has 0 aliphatic carbocycles. The van der Waals surface area contributed by atoms with Gasteiger partial charge >= 0.3 is 6.18 Å². The Morgan fingerprint density at radius 3 is 2.42 bits per heavy atom. The zero-order chi connectivity index (χ0) is 26.0. The summed E-state index contributed by atoms with van der Waals surface area (Å²) in [4.78, 5) is 29.5. The molecule has 1 aromatic heterocycles. The summed E-state index contributed by atoms with van der Waals surface area (Å²) in [5.41, 5.74) is -1.01. The van der Waals surface area contributed by atoms with Gasteiger partial charge in [0.15, 0.2) is 0 Å². The van der Waals surface area contributed by atoms with Crippen LogP contribution < -0.4 is 14.4 Å². The van der Waals surface area contributed by atoms with Gasteiger partial charge in [-0.3, -0.25) is 9.59 Å². The molecule has 0 bridgehead atoms. The maximum atomic E-state index is 14.7. The third kappa shape index (κ3) is 5.33. The normalized spacial score (nSPS) is 16.1. The zero-order valence-corrected chi connectivity index (χ0v) is 19.3. The number of hydrogen-bond acceptors (Lipinski definition) is 5. The molecule has 2 aromatic carbocycles. The zero-order valence-electron chi connectivity index (χ0n) is 18.6. The Bertz CT molecular complexity index is 1350. The SMILES string of the molecule is CC1C(=O)N(c2cc(Oc3cccc(OCc4ccccc4)n3)c(Cl)cc2F)C(=O)C=C1C(F)(F)F. The molecule has 11 heteroatoms. The van der Waals surface area contributed by atoms with Crippen LogP contribution in [-0.4, -0.2) is 23.0 Å². The topological polar surface area (TPSA) is 68.7 Å². The molecule has 0 saturated heterocycles. The van der Waals surface area contributed by atoms with E-state index < -0.39 is 41.0 Å². The fourth-order valence-electron chi connectivity index (χ4n) is 3.47. The number of rotatable bonds is 6. The number of amides is 2. The monoisotopic (exact) mass is 520 g/mol. The van der Waals surface area contributed by atoms with Crippen LogP contribution in [-0.2, 0) is 16.2 Å². The van der Waals surface area contributed by atoms with Crippen molar-refractivity contribution in [3.8, 4) is 17.5 Å². The predicted molar refractivity (Wildman–Crippen MR) is 122 cm³/mol. The first-order valence-corrected chi connectivity index (χ1v) is 10.9. The van der Waals surface area contributed by atoms with Gasteiger partial charge in [-0.1, -0.05) is 48.0 Å². The number of aromatic nitrogens is 1. The standard InChI is InChI=1S/C25H17ClF4N2O4/c1-14-16(25(28,29)30)10-23(33)32(24(14)34)19-12-20(17(26)11-18(19)27)36-22-9-5-8-21(31-22)35-13-15-6-3-2-4-7-15/h2-12,14H,13H2,1H3.